The topological polar surface area (TPSA) is 97.8 Å². The van der Waals surface area contributed by atoms with Gasteiger partial charge in [-0.15, -0.1) is 0 Å². The molecular weight excluding hydrogens is 442 g/mol. The number of ketones is 1. The number of amides is 1. The molecule has 3 rings (SSSR count). The van der Waals surface area contributed by atoms with Crippen LogP contribution in [-0.4, -0.2) is 61.7 Å². The van der Waals surface area contributed by atoms with E-state index in [0.717, 1.165) is 18.4 Å². The van der Waals surface area contributed by atoms with Gasteiger partial charge in [-0.1, -0.05) is 61.4 Å². The molecule has 2 aromatic rings. The third kappa shape index (κ3) is 6.28. The van der Waals surface area contributed by atoms with Gasteiger partial charge in [0, 0.05) is 23.7 Å². The normalized spacial score (nSPS) is 16.8. The Morgan fingerprint density at radius 2 is 1.70 bits per heavy atom. The van der Waals surface area contributed by atoms with Crippen molar-refractivity contribution >= 4 is 27.5 Å². The van der Waals surface area contributed by atoms with Crippen LogP contribution in [0, 0.1) is 6.92 Å². The highest BCUT2D eigenvalue weighted by Gasteiger charge is 2.34. The van der Waals surface area contributed by atoms with E-state index in [0.29, 0.717) is 18.5 Å². The number of benzene rings is 2. The van der Waals surface area contributed by atoms with Crippen LogP contribution in [0.15, 0.2) is 48.5 Å². The molecule has 1 aliphatic rings. The Bertz CT molecular complexity index is 1120. The average molecular weight is 472 g/mol. The fraction of sp³-hybridized carbons (Fsp3) is 0.400. The first kappa shape index (κ1) is 24.6. The summed E-state index contributed by atoms with van der Waals surface area (Å²) in [6, 6.07) is 13.0. The van der Waals surface area contributed by atoms with Crippen molar-refractivity contribution < 1.29 is 27.5 Å². The Morgan fingerprint density at radius 1 is 1.03 bits per heavy atom. The summed E-state index contributed by atoms with van der Waals surface area (Å²) in [6.45, 7) is 3.80. The van der Waals surface area contributed by atoms with E-state index in [4.69, 9.17) is 4.74 Å². The van der Waals surface area contributed by atoms with Crippen molar-refractivity contribution in [3.8, 4) is 0 Å². The van der Waals surface area contributed by atoms with Crippen LogP contribution >= 0.6 is 0 Å². The number of rotatable bonds is 9. The maximum atomic E-state index is 12.9. The Kier molecular flexibility index (Phi) is 8.02. The van der Waals surface area contributed by atoms with Crippen molar-refractivity contribution in [1.82, 2.24) is 4.90 Å². The molecule has 176 valence electrons. The molecule has 1 saturated heterocycles. The van der Waals surface area contributed by atoms with Crippen molar-refractivity contribution in [3.05, 3.63) is 70.8 Å². The number of carbonyl (C=O) groups is 3. The molecule has 1 aliphatic heterocycles. The third-order valence-corrected chi connectivity index (χ3v) is 7.50. The van der Waals surface area contributed by atoms with Gasteiger partial charge in [0.05, 0.1) is 17.1 Å². The highest BCUT2D eigenvalue weighted by atomic mass is 32.2. The lowest BCUT2D eigenvalue weighted by Crippen LogP contribution is -2.44. The zero-order valence-electron chi connectivity index (χ0n) is 19.0. The van der Waals surface area contributed by atoms with E-state index in [1.165, 1.54) is 11.0 Å². The Hall–Kier alpha value is -3.00. The zero-order valence-corrected chi connectivity index (χ0v) is 19.8. The summed E-state index contributed by atoms with van der Waals surface area (Å²) in [4.78, 5) is 40.1. The predicted octanol–water partition coefficient (Wildman–Crippen LogP) is 3.20. The molecule has 0 N–H and O–H groups in total. The van der Waals surface area contributed by atoms with Crippen molar-refractivity contribution in [2.45, 2.75) is 39.2 Å². The molecule has 33 heavy (non-hydrogen) atoms. The summed E-state index contributed by atoms with van der Waals surface area (Å²) in [5.74, 6) is -1.52. The summed E-state index contributed by atoms with van der Waals surface area (Å²) in [7, 11) is -3.16. The fourth-order valence-electron chi connectivity index (χ4n) is 3.87. The van der Waals surface area contributed by atoms with Crippen LogP contribution in [-0.2, 0) is 19.4 Å². The minimum atomic E-state index is -3.16. The minimum Gasteiger partial charge on any atom is -0.452 e. The molecule has 1 heterocycles. The van der Waals surface area contributed by atoms with E-state index in [1.54, 1.807) is 30.3 Å². The quantitative estimate of drug-likeness (QED) is 0.412. The summed E-state index contributed by atoms with van der Waals surface area (Å²) >= 11 is 0. The zero-order chi connectivity index (χ0) is 24.0. The van der Waals surface area contributed by atoms with Gasteiger partial charge in [0.2, 0.25) is 0 Å². The van der Waals surface area contributed by atoms with E-state index in [-0.39, 0.29) is 28.4 Å². The number of aryl methyl sites for hydroxylation is 1. The molecule has 1 unspecified atom stereocenters. The maximum absolute atomic E-state index is 12.9. The van der Waals surface area contributed by atoms with Gasteiger partial charge in [0.1, 0.15) is 0 Å². The Balaban J connectivity index is 1.71. The largest absolute Gasteiger partial charge is 0.452 e. The fourth-order valence-corrected chi connectivity index (χ4v) is 5.60. The molecule has 1 fully saturated rings. The van der Waals surface area contributed by atoms with Crippen LogP contribution in [0.5, 0.6) is 0 Å². The van der Waals surface area contributed by atoms with Gasteiger partial charge in [-0.2, -0.15) is 0 Å². The van der Waals surface area contributed by atoms with Gasteiger partial charge in [0.15, 0.2) is 22.2 Å². The molecular formula is C25H29NO6S. The monoisotopic (exact) mass is 471 g/mol. The molecule has 1 amide bonds. The second-order valence-electron chi connectivity index (χ2n) is 8.31. The maximum Gasteiger partial charge on any atom is 0.339 e. The molecule has 0 aliphatic carbocycles. The lowest BCUT2D eigenvalue weighted by Gasteiger charge is -2.28. The number of esters is 1. The summed E-state index contributed by atoms with van der Waals surface area (Å²) < 4.78 is 29.0. The highest BCUT2D eigenvalue weighted by molar-refractivity contribution is 7.91. The van der Waals surface area contributed by atoms with E-state index in [1.807, 2.05) is 26.0 Å². The van der Waals surface area contributed by atoms with Crippen molar-refractivity contribution in [1.29, 1.82) is 0 Å². The average Bonchev–Trinajstić information content (AvgIpc) is 3.17. The van der Waals surface area contributed by atoms with Gasteiger partial charge in [0.25, 0.3) is 5.91 Å². The van der Waals surface area contributed by atoms with Crippen LogP contribution in [0.1, 0.15) is 58.0 Å². The molecule has 1 atom stereocenters. The smallest absolute Gasteiger partial charge is 0.339 e. The molecule has 0 saturated carbocycles. The van der Waals surface area contributed by atoms with Crippen LogP contribution < -0.4 is 0 Å². The standard InChI is InChI=1S/C25H29NO6S/c1-3-4-14-26(20-13-15-33(30,31)17-20)23(27)16-32-25(29)22-8-6-5-7-21(22)24(28)19-11-9-18(2)10-12-19/h5-12,20H,3-4,13-17H2,1-2H3. The highest BCUT2D eigenvalue weighted by Crippen LogP contribution is 2.20. The van der Waals surface area contributed by atoms with Crippen molar-refractivity contribution in [3.63, 3.8) is 0 Å². The first-order chi connectivity index (χ1) is 15.7. The van der Waals surface area contributed by atoms with Crippen molar-refractivity contribution in [2.75, 3.05) is 24.7 Å². The molecule has 7 nitrogen and oxygen atoms in total. The van der Waals surface area contributed by atoms with Gasteiger partial charge >= 0.3 is 5.97 Å². The predicted molar refractivity (Wildman–Crippen MR) is 125 cm³/mol. The molecule has 0 radical (unpaired) electrons. The van der Waals surface area contributed by atoms with Gasteiger partial charge in [-0.05, 0) is 25.8 Å². The SMILES string of the molecule is CCCCN(C(=O)COC(=O)c1ccccc1C(=O)c1ccc(C)cc1)C1CCS(=O)(=O)C1. The number of hydrogen-bond donors (Lipinski definition) is 0. The third-order valence-electron chi connectivity index (χ3n) is 5.75. The van der Waals surface area contributed by atoms with Crippen LogP contribution in [0.2, 0.25) is 0 Å². The van der Waals surface area contributed by atoms with Gasteiger partial charge in [-0.3, -0.25) is 9.59 Å². The number of sulfone groups is 1. The minimum absolute atomic E-state index is 0.0574. The first-order valence-electron chi connectivity index (χ1n) is 11.1. The lowest BCUT2D eigenvalue weighted by atomic mass is 9.98. The summed E-state index contributed by atoms with van der Waals surface area (Å²) in [5, 5.41) is 0. The molecule has 8 heteroatoms. The van der Waals surface area contributed by atoms with Gasteiger partial charge in [-0.25, -0.2) is 13.2 Å². The van der Waals surface area contributed by atoms with E-state index in [9.17, 15) is 22.8 Å². The number of nitrogens with zero attached hydrogens (tertiary/aromatic N) is 1. The second-order valence-corrected chi connectivity index (χ2v) is 10.5. The Morgan fingerprint density at radius 3 is 2.30 bits per heavy atom. The number of hydrogen-bond acceptors (Lipinski definition) is 6. The summed E-state index contributed by atoms with van der Waals surface area (Å²) in [6.07, 6.45) is 1.96. The second kappa shape index (κ2) is 10.7. The van der Waals surface area contributed by atoms with E-state index >= 15 is 0 Å². The molecule has 0 bridgehead atoms. The van der Waals surface area contributed by atoms with E-state index < -0.39 is 34.4 Å². The van der Waals surface area contributed by atoms with Crippen molar-refractivity contribution in [2.24, 2.45) is 0 Å². The Labute approximate surface area is 194 Å². The number of carbonyl (C=O) groups excluding carboxylic acids is 3. The molecule has 2 aromatic carbocycles. The molecule has 0 spiro atoms. The first-order valence-corrected chi connectivity index (χ1v) is 12.9. The summed E-state index contributed by atoms with van der Waals surface area (Å²) in [5.41, 5.74) is 1.74. The lowest BCUT2D eigenvalue weighted by molar-refractivity contribution is -0.136. The number of ether oxygens (including phenoxy) is 1. The van der Waals surface area contributed by atoms with Crippen LogP contribution in [0.4, 0.5) is 0 Å². The van der Waals surface area contributed by atoms with Crippen LogP contribution in [0.25, 0.3) is 0 Å². The van der Waals surface area contributed by atoms with E-state index in [2.05, 4.69) is 0 Å². The van der Waals surface area contributed by atoms with Gasteiger partial charge < -0.3 is 9.64 Å². The van der Waals surface area contributed by atoms with Crippen LogP contribution in [0.3, 0.4) is 0 Å². The number of unbranched alkanes of at least 4 members (excludes halogenated alkanes) is 1. The molecule has 0 aromatic heterocycles.